The molecule has 1 nitrogen and oxygen atoms in total. The van der Waals surface area contributed by atoms with Crippen LogP contribution in [0.3, 0.4) is 0 Å². The molecule has 0 aliphatic carbocycles. The van der Waals surface area contributed by atoms with Gasteiger partial charge in [0, 0.05) is 10.4 Å². The largest absolute Gasteiger partial charge is 0.238 e. The maximum Gasteiger partial charge on any atom is 0.140 e. The average Bonchev–Trinajstić information content (AvgIpc) is 2.03. The maximum atomic E-state index is 10.4. The van der Waals surface area contributed by atoms with Gasteiger partial charge >= 0.3 is 0 Å². The molecule has 0 fully saturated rings. The third-order valence-corrected chi connectivity index (χ3v) is 2.15. The van der Waals surface area contributed by atoms with Crippen molar-refractivity contribution in [3.63, 3.8) is 0 Å². The Balaban J connectivity index is 2.77. The molecule has 0 aliphatic heterocycles. The normalized spacial score (nSPS) is 13.5. The van der Waals surface area contributed by atoms with Crippen LogP contribution in [0.25, 0.3) is 6.08 Å². The van der Waals surface area contributed by atoms with Gasteiger partial charge in [-0.2, -0.15) is 0 Å². The van der Waals surface area contributed by atoms with Crippen molar-refractivity contribution in [3.05, 3.63) is 40.3 Å². The number of benzene rings is 1. The van der Waals surface area contributed by atoms with Crippen LogP contribution in [0.15, 0.2) is 29.7 Å². The molecule has 1 aromatic rings. The molecular formula is C8H6Cl2OS. The van der Waals surface area contributed by atoms with Crippen LogP contribution >= 0.6 is 22.3 Å². The number of halogens is 2. The van der Waals surface area contributed by atoms with Gasteiger partial charge in [-0.15, -0.1) is 0 Å². The van der Waals surface area contributed by atoms with E-state index in [9.17, 15) is 4.21 Å². The summed E-state index contributed by atoms with van der Waals surface area (Å²) in [4.78, 5) is 0. The summed E-state index contributed by atoms with van der Waals surface area (Å²) in [5.41, 5.74) is 0.924. The van der Waals surface area contributed by atoms with E-state index in [0.717, 1.165) is 5.56 Å². The van der Waals surface area contributed by atoms with Gasteiger partial charge in [-0.25, -0.2) is 4.21 Å². The van der Waals surface area contributed by atoms with Crippen molar-refractivity contribution in [3.8, 4) is 0 Å². The summed E-state index contributed by atoms with van der Waals surface area (Å²) in [6.07, 6.45) is 1.68. The fourth-order valence-corrected chi connectivity index (χ4v) is 1.25. The van der Waals surface area contributed by atoms with Crippen molar-refractivity contribution in [1.82, 2.24) is 0 Å². The lowest BCUT2D eigenvalue weighted by Crippen LogP contribution is -1.71. The lowest BCUT2D eigenvalue weighted by molar-refractivity contribution is 0.696. The molecule has 1 atom stereocenters. The van der Waals surface area contributed by atoms with Crippen LogP contribution in [0.5, 0.6) is 0 Å². The number of rotatable bonds is 2. The maximum absolute atomic E-state index is 10.4. The second-order valence-corrected chi connectivity index (χ2v) is 4.22. The van der Waals surface area contributed by atoms with Crippen molar-refractivity contribution < 1.29 is 4.21 Å². The van der Waals surface area contributed by atoms with Gasteiger partial charge in [-0.05, 0) is 34.5 Å². The summed E-state index contributed by atoms with van der Waals surface area (Å²) in [7, 11) is 3.81. The Kier molecular flexibility index (Phi) is 3.79. The van der Waals surface area contributed by atoms with Gasteiger partial charge in [-0.1, -0.05) is 23.7 Å². The minimum absolute atomic E-state index is 0.680. The van der Waals surface area contributed by atoms with Crippen LogP contribution < -0.4 is 0 Å². The third kappa shape index (κ3) is 3.39. The Labute approximate surface area is 83.0 Å². The first-order valence-electron chi connectivity index (χ1n) is 3.19. The standard InChI is InChI=1S/C8H6Cl2OS/c9-8-3-1-7(2-4-8)5-6-12(10)11/h1-6H/b6-5+. The number of hydrogen-bond acceptors (Lipinski definition) is 1. The highest BCUT2D eigenvalue weighted by Crippen LogP contribution is 2.11. The molecule has 12 heavy (non-hydrogen) atoms. The molecular weight excluding hydrogens is 215 g/mol. The zero-order valence-electron chi connectivity index (χ0n) is 6.04. The van der Waals surface area contributed by atoms with E-state index in [2.05, 4.69) is 0 Å². The quantitative estimate of drug-likeness (QED) is 0.700. The lowest BCUT2D eigenvalue weighted by atomic mass is 10.2. The van der Waals surface area contributed by atoms with Gasteiger partial charge in [0.25, 0.3) is 0 Å². The molecule has 0 N–H and O–H groups in total. The van der Waals surface area contributed by atoms with Crippen molar-refractivity contribution in [2.45, 2.75) is 0 Å². The summed E-state index contributed by atoms with van der Waals surface area (Å²) >= 11 is 5.66. The van der Waals surface area contributed by atoms with Crippen LogP contribution in [0, 0.1) is 0 Å². The van der Waals surface area contributed by atoms with Gasteiger partial charge in [0.05, 0.1) is 0 Å². The van der Waals surface area contributed by atoms with Crippen LogP contribution in [0.2, 0.25) is 5.02 Å². The number of hydrogen-bond donors (Lipinski definition) is 0. The lowest BCUT2D eigenvalue weighted by Gasteiger charge is -1.91. The van der Waals surface area contributed by atoms with Crippen LogP contribution in [-0.4, -0.2) is 4.21 Å². The molecule has 1 rings (SSSR count). The second-order valence-electron chi connectivity index (χ2n) is 2.10. The van der Waals surface area contributed by atoms with Gasteiger partial charge in [0.1, 0.15) is 10.0 Å². The Bertz CT molecular complexity index is 305. The Morgan fingerprint density at radius 3 is 2.33 bits per heavy atom. The van der Waals surface area contributed by atoms with Gasteiger partial charge in [0.2, 0.25) is 0 Å². The second kappa shape index (κ2) is 4.65. The van der Waals surface area contributed by atoms with E-state index >= 15 is 0 Å². The molecule has 0 amide bonds. The van der Waals surface area contributed by atoms with E-state index in [1.54, 1.807) is 18.2 Å². The van der Waals surface area contributed by atoms with Crippen molar-refractivity contribution >= 4 is 38.4 Å². The fourth-order valence-electron chi connectivity index (χ4n) is 0.706. The van der Waals surface area contributed by atoms with E-state index in [-0.39, 0.29) is 0 Å². The minimum Gasteiger partial charge on any atom is -0.238 e. The van der Waals surface area contributed by atoms with Crippen molar-refractivity contribution in [2.24, 2.45) is 0 Å². The van der Waals surface area contributed by atoms with Crippen LogP contribution in [0.1, 0.15) is 5.56 Å². The van der Waals surface area contributed by atoms with Crippen LogP contribution in [0.4, 0.5) is 0 Å². The first-order valence-corrected chi connectivity index (χ1v) is 5.61. The zero-order chi connectivity index (χ0) is 8.97. The molecule has 0 heterocycles. The van der Waals surface area contributed by atoms with Crippen molar-refractivity contribution in [2.75, 3.05) is 0 Å². The zero-order valence-corrected chi connectivity index (χ0v) is 8.36. The van der Waals surface area contributed by atoms with E-state index < -0.39 is 10.0 Å². The highest BCUT2D eigenvalue weighted by Gasteiger charge is 1.88. The Morgan fingerprint density at radius 2 is 1.83 bits per heavy atom. The monoisotopic (exact) mass is 220 g/mol. The highest BCUT2D eigenvalue weighted by molar-refractivity contribution is 8.10. The molecule has 1 aromatic carbocycles. The summed E-state index contributed by atoms with van der Waals surface area (Å²) < 4.78 is 10.4. The van der Waals surface area contributed by atoms with Gasteiger partial charge < -0.3 is 0 Å². The smallest absolute Gasteiger partial charge is 0.140 e. The van der Waals surface area contributed by atoms with Gasteiger partial charge in [0.15, 0.2) is 0 Å². The first kappa shape index (κ1) is 9.78. The SMILES string of the molecule is O=S(Cl)/C=C/c1ccc(Cl)cc1. The molecule has 0 bridgehead atoms. The predicted molar refractivity (Wildman–Crippen MR) is 54.5 cm³/mol. The Morgan fingerprint density at radius 1 is 1.25 bits per heavy atom. The first-order chi connectivity index (χ1) is 5.68. The molecule has 0 radical (unpaired) electrons. The summed E-state index contributed by atoms with van der Waals surface area (Å²) in [5.74, 6) is 0. The molecule has 64 valence electrons. The molecule has 0 saturated heterocycles. The highest BCUT2D eigenvalue weighted by atomic mass is 35.7. The average molecular weight is 221 g/mol. The summed E-state index contributed by atoms with van der Waals surface area (Å²) in [6.45, 7) is 0. The third-order valence-electron chi connectivity index (χ3n) is 1.24. The fraction of sp³-hybridized carbons (Fsp3) is 0. The van der Waals surface area contributed by atoms with E-state index in [4.69, 9.17) is 22.3 Å². The molecule has 0 saturated carbocycles. The molecule has 0 spiro atoms. The van der Waals surface area contributed by atoms with E-state index in [1.807, 2.05) is 12.1 Å². The topological polar surface area (TPSA) is 17.1 Å². The van der Waals surface area contributed by atoms with Crippen molar-refractivity contribution in [1.29, 1.82) is 0 Å². The molecule has 0 aliphatic rings. The molecule has 0 aromatic heterocycles. The predicted octanol–water partition coefficient (Wildman–Crippen LogP) is 3.21. The molecule has 1 unspecified atom stereocenters. The summed E-state index contributed by atoms with van der Waals surface area (Å²) in [5, 5.41) is 2.09. The summed E-state index contributed by atoms with van der Waals surface area (Å²) in [6, 6.07) is 7.17. The van der Waals surface area contributed by atoms with E-state index in [1.165, 1.54) is 5.41 Å². The van der Waals surface area contributed by atoms with E-state index in [0.29, 0.717) is 5.02 Å². The Hall–Kier alpha value is -0.310. The van der Waals surface area contributed by atoms with Gasteiger partial charge in [-0.3, -0.25) is 0 Å². The molecule has 4 heteroatoms. The minimum atomic E-state index is -1.41. The van der Waals surface area contributed by atoms with Crippen LogP contribution in [-0.2, 0) is 10.0 Å².